The van der Waals surface area contributed by atoms with Crippen LogP contribution in [0, 0.1) is 6.92 Å². The smallest absolute Gasteiger partial charge is 0.340 e. The van der Waals surface area contributed by atoms with Crippen molar-refractivity contribution in [3.8, 4) is 0 Å². The minimum Gasteiger partial charge on any atom is -0.462 e. The molecule has 3 rings (SSSR count). The molecule has 4 heteroatoms. The highest BCUT2D eigenvalue weighted by Gasteiger charge is 2.37. The van der Waals surface area contributed by atoms with E-state index in [1.807, 2.05) is 61.5 Å². The van der Waals surface area contributed by atoms with Crippen molar-refractivity contribution in [1.82, 2.24) is 0 Å². The van der Waals surface area contributed by atoms with Crippen molar-refractivity contribution < 1.29 is 14.3 Å². The molecule has 2 aromatic carbocycles. The van der Waals surface area contributed by atoms with Gasteiger partial charge in [-0.25, -0.2) is 4.79 Å². The van der Waals surface area contributed by atoms with E-state index in [1.165, 1.54) is 0 Å². The maximum atomic E-state index is 13.1. The summed E-state index contributed by atoms with van der Waals surface area (Å²) in [5.74, 6) is -0.701. The quantitative estimate of drug-likeness (QED) is 0.613. The molecule has 0 saturated carbocycles. The Morgan fingerprint density at radius 3 is 2.31 bits per heavy atom. The van der Waals surface area contributed by atoms with E-state index in [4.69, 9.17) is 4.74 Å². The second kappa shape index (κ2) is 7.40. The van der Waals surface area contributed by atoms with Gasteiger partial charge in [-0.1, -0.05) is 48.0 Å². The van der Waals surface area contributed by atoms with Gasteiger partial charge in [0.2, 0.25) is 0 Å². The van der Waals surface area contributed by atoms with Gasteiger partial charge < -0.3 is 4.74 Å². The summed E-state index contributed by atoms with van der Waals surface area (Å²) in [4.78, 5) is 27.2. The van der Waals surface area contributed by atoms with Gasteiger partial charge in [0.1, 0.15) is 0 Å². The first-order chi connectivity index (χ1) is 12.5. The third kappa shape index (κ3) is 3.31. The minimum atomic E-state index is -0.477. The van der Waals surface area contributed by atoms with Gasteiger partial charge >= 0.3 is 5.97 Å². The standard InChI is InChI=1S/C22H21NO3/c1-4-26-22(25)20-16(3)23(18-12-10-15(2)11-13-18)21(24)19(20)14-17-8-6-5-7-9-17/h5-14H,4H2,1-3H3/b19-14-. The van der Waals surface area contributed by atoms with Gasteiger partial charge in [-0.2, -0.15) is 0 Å². The van der Waals surface area contributed by atoms with E-state index in [-0.39, 0.29) is 12.5 Å². The summed E-state index contributed by atoms with van der Waals surface area (Å²) in [5, 5.41) is 0. The molecule has 4 nitrogen and oxygen atoms in total. The number of benzene rings is 2. The van der Waals surface area contributed by atoms with Gasteiger partial charge in [-0.3, -0.25) is 9.69 Å². The number of amides is 1. The van der Waals surface area contributed by atoms with Crippen LogP contribution < -0.4 is 4.90 Å². The fourth-order valence-corrected chi connectivity index (χ4v) is 3.00. The van der Waals surface area contributed by atoms with Crippen LogP contribution in [0.4, 0.5) is 5.69 Å². The Morgan fingerprint density at radius 1 is 1.04 bits per heavy atom. The maximum Gasteiger partial charge on any atom is 0.340 e. The topological polar surface area (TPSA) is 46.6 Å². The highest BCUT2D eigenvalue weighted by Crippen LogP contribution is 2.35. The summed E-state index contributed by atoms with van der Waals surface area (Å²) >= 11 is 0. The van der Waals surface area contributed by atoms with Crippen molar-refractivity contribution >= 4 is 23.6 Å². The summed E-state index contributed by atoms with van der Waals surface area (Å²) < 4.78 is 5.20. The van der Waals surface area contributed by atoms with E-state index >= 15 is 0 Å². The summed E-state index contributed by atoms with van der Waals surface area (Å²) in [7, 11) is 0. The Hall–Kier alpha value is -3.14. The first kappa shape index (κ1) is 17.7. The van der Waals surface area contributed by atoms with Crippen LogP contribution in [0.3, 0.4) is 0 Å². The Balaban J connectivity index is 2.11. The van der Waals surface area contributed by atoms with Crippen molar-refractivity contribution in [2.45, 2.75) is 20.8 Å². The predicted octanol–water partition coefficient (Wildman–Crippen LogP) is 4.26. The zero-order valence-electron chi connectivity index (χ0n) is 15.2. The van der Waals surface area contributed by atoms with Crippen molar-refractivity contribution in [3.05, 3.63) is 82.6 Å². The lowest BCUT2D eigenvalue weighted by molar-refractivity contribution is -0.138. The predicted molar refractivity (Wildman–Crippen MR) is 102 cm³/mol. The number of hydrogen-bond acceptors (Lipinski definition) is 3. The monoisotopic (exact) mass is 347 g/mol. The van der Waals surface area contributed by atoms with Gasteiger partial charge in [0.05, 0.1) is 17.8 Å². The molecule has 1 heterocycles. The molecule has 0 aliphatic carbocycles. The molecule has 0 unspecified atom stereocenters. The van der Waals surface area contributed by atoms with Gasteiger partial charge in [0, 0.05) is 11.4 Å². The Morgan fingerprint density at radius 2 is 1.69 bits per heavy atom. The molecule has 0 spiro atoms. The average Bonchev–Trinajstić information content (AvgIpc) is 2.87. The molecule has 1 aliphatic rings. The Labute approximate surface area is 153 Å². The molecule has 0 bridgehead atoms. The van der Waals surface area contributed by atoms with Gasteiger partial charge in [-0.15, -0.1) is 0 Å². The van der Waals surface area contributed by atoms with Crippen LogP contribution in [-0.4, -0.2) is 18.5 Å². The number of ether oxygens (including phenoxy) is 1. The fourth-order valence-electron chi connectivity index (χ4n) is 3.00. The highest BCUT2D eigenvalue weighted by atomic mass is 16.5. The molecule has 0 N–H and O–H groups in total. The summed E-state index contributed by atoms with van der Waals surface area (Å²) in [6, 6.07) is 17.1. The van der Waals surface area contributed by atoms with Crippen LogP contribution in [0.5, 0.6) is 0 Å². The third-order valence-electron chi connectivity index (χ3n) is 4.28. The molecule has 0 saturated heterocycles. The van der Waals surface area contributed by atoms with E-state index in [9.17, 15) is 9.59 Å². The summed E-state index contributed by atoms with van der Waals surface area (Å²) in [5.41, 5.74) is 3.95. The SMILES string of the molecule is CCOC(=O)C1=C(C)N(c2ccc(C)cc2)C(=O)/C1=C\c1ccccc1. The molecule has 1 amide bonds. The molecule has 2 aromatic rings. The number of rotatable bonds is 4. The number of anilines is 1. The number of hydrogen-bond donors (Lipinski definition) is 0. The minimum absolute atomic E-state index is 0.224. The van der Waals surface area contributed by atoms with Crippen molar-refractivity contribution in [2.24, 2.45) is 0 Å². The number of aryl methyl sites for hydroxylation is 1. The zero-order valence-corrected chi connectivity index (χ0v) is 15.2. The number of nitrogens with zero attached hydrogens (tertiary/aromatic N) is 1. The van der Waals surface area contributed by atoms with Crippen LogP contribution in [0.15, 0.2) is 71.4 Å². The van der Waals surface area contributed by atoms with E-state index in [2.05, 4.69) is 0 Å². The van der Waals surface area contributed by atoms with Crippen molar-refractivity contribution in [1.29, 1.82) is 0 Å². The number of allylic oxidation sites excluding steroid dienone is 1. The molecule has 0 atom stereocenters. The lowest BCUT2D eigenvalue weighted by Gasteiger charge is -2.18. The largest absolute Gasteiger partial charge is 0.462 e. The highest BCUT2D eigenvalue weighted by molar-refractivity contribution is 6.23. The molecule has 0 fully saturated rings. The molecular weight excluding hydrogens is 326 g/mol. The lowest BCUT2D eigenvalue weighted by Crippen LogP contribution is -2.24. The molecule has 0 radical (unpaired) electrons. The van der Waals surface area contributed by atoms with Crippen LogP contribution in [0.2, 0.25) is 0 Å². The first-order valence-corrected chi connectivity index (χ1v) is 8.59. The number of carbonyl (C=O) groups is 2. The van der Waals surface area contributed by atoms with Crippen LogP contribution in [0.25, 0.3) is 6.08 Å². The molecule has 1 aliphatic heterocycles. The lowest BCUT2D eigenvalue weighted by atomic mass is 10.0. The third-order valence-corrected chi connectivity index (χ3v) is 4.28. The molecule has 26 heavy (non-hydrogen) atoms. The summed E-state index contributed by atoms with van der Waals surface area (Å²) in [6.45, 7) is 5.77. The van der Waals surface area contributed by atoms with Crippen LogP contribution in [0.1, 0.15) is 25.0 Å². The number of carbonyl (C=O) groups excluding carboxylic acids is 2. The van der Waals surface area contributed by atoms with E-state index in [0.717, 1.165) is 16.8 Å². The second-order valence-corrected chi connectivity index (χ2v) is 6.13. The fraction of sp³-hybridized carbons (Fsp3) is 0.182. The maximum absolute atomic E-state index is 13.1. The van der Waals surface area contributed by atoms with Gasteiger partial charge in [0.25, 0.3) is 5.91 Å². The average molecular weight is 347 g/mol. The summed E-state index contributed by atoms with van der Waals surface area (Å²) in [6.07, 6.45) is 1.74. The first-order valence-electron chi connectivity index (χ1n) is 8.59. The van der Waals surface area contributed by atoms with E-state index in [0.29, 0.717) is 16.8 Å². The Kier molecular flexibility index (Phi) is 5.03. The van der Waals surface area contributed by atoms with E-state index in [1.54, 1.807) is 24.8 Å². The number of esters is 1. The van der Waals surface area contributed by atoms with E-state index < -0.39 is 5.97 Å². The molecule has 0 aromatic heterocycles. The Bertz CT molecular complexity index is 893. The van der Waals surface area contributed by atoms with Crippen LogP contribution in [-0.2, 0) is 14.3 Å². The van der Waals surface area contributed by atoms with Gasteiger partial charge in [-0.05, 0) is 44.5 Å². The molecular formula is C22H21NO3. The normalized spacial score (nSPS) is 15.7. The van der Waals surface area contributed by atoms with Crippen molar-refractivity contribution in [2.75, 3.05) is 11.5 Å². The zero-order chi connectivity index (χ0) is 18.7. The second-order valence-electron chi connectivity index (χ2n) is 6.13. The van der Waals surface area contributed by atoms with Crippen molar-refractivity contribution in [3.63, 3.8) is 0 Å². The van der Waals surface area contributed by atoms with Gasteiger partial charge in [0.15, 0.2) is 0 Å². The molecule has 132 valence electrons. The van der Waals surface area contributed by atoms with Crippen LogP contribution >= 0.6 is 0 Å².